The summed E-state index contributed by atoms with van der Waals surface area (Å²) in [6.07, 6.45) is 1.74. The molecule has 6 heteroatoms. The lowest BCUT2D eigenvalue weighted by molar-refractivity contribution is -0.384. The zero-order valence-electron chi connectivity index (χ0n) is 9.66. The summed E-state index contributed by atoms with van der Waals surface area (Å²) in [7, 11) is 0. The van der Waals surface area contributed by atoms with Crippen molar-refractivity contribution in [1.29, 1.82) is 0 Å². The molecule has 1 heterocycles. The molecule has 18 heavy (non-hydrogen) atoms. The van der Waals surface area contributed by atoms with Gasteiger partial charge in [0.1, 0.15) is 5.03 Å². The second-order valence-corrected chi connectivity index (χ2v) is 4.82. The lowest BCUT2D eigenvalue weighted by Crippen LogP contribution is -1.92. The number of hydrogen-bond donors (Lipinski definition) is 1. The Balaban J connectivity index is 2.21. The third-order valence-electron chi connectivity index (χ3n) is 2.28. The average molecular weight is 261 g/mol. The molecule has 2 aromatic rings. The molecule has 1 aromatic carbocycles. The van der Waals surface area contributed by atoms with Crippen LogP contribution in [0.4, 0.5) is 11.4 Å². The van der Waals surface area contributed by atoms with Crippen LogP contribution in [0, 0.1) is 17.0 Å². The maximum atomic E-state index is 10.5. The van der Waals surface area contributed by atoms with Crippen molar-refractivity contribution in [2.45, 2.75) is 16.8 Å². The Labute approximate surface area is 108 Å². The molecule has 0 unspecified atom stereocenters. The Morgan fingerprint density at radius 2 is 2.00 bits per heavy atom. The molecule has 92 valence electrons. The number of benzene rings is 1. The van der Waals surface area contributed by atoms with Crippen LogP contribution in [0.25, 0.3) is 0 Å². The Morgan fingerprint density at radius 1 is 1.33 bits per heavy atom. The van der Waals surface area contributed by atoms with Crippen LogP contribution in [0.5, 0.6) is 0 Å². The fourth-order valence-electron chi connectivity index (χ4n) is 1.41. The number of aromatic nitrogens is 1. The van der Waals surface area contributed by atoms with Crippen LogP contribution in [-0.2, 0) is 0 Å². The lowest BCUT2D eigenvalue weighted by Gasteiger charge is -2.04. The van der Waals surface area contributed by atoms with Crippen LogP contribution in [-0.4, -0.2) is 9.91 Å². The molecule has 0 radical (unpaired) electrons. The van der Waals surface area contributed by atoms with Gasteiger partial charge < -0.3 is 5.73 Å². The Kier molecular flexibility index (Phi) is 3.47. The first-order valence-corrected chi connectivity index (χ1v) is 6.02. The summed E-state index contributed by atoms with van der Waals surface area (Å²) in [4.78, 5) is 15.2. The topological polar surface area (TPSA) is 82.0 Å². The molecule has 0 aliphatic rings. The molecule has 0 aliphatic carbocycles. The van der Waals surface area contributed by atoms with Crippen molar-refractivity contribution in [3.8, 4) is 0 Å². The number of nitrogens with two attached hydrogens (primary N) is 1. The molecule has 2 N–H and O–H groups in total. The van der Waals surface area contributed by atoms with Crippen LogP contribution in [0.1, 0.15) is 5.56 Å². The van der Waals surface area contributed by atoms with Gasteiger partial charge in [0, 0.05) is 23.2 Å². The number of nitro groups is 1. The summed E-state index contributed by atoms with van der Waals surface area (Å²) in [5.41, 5.74) is 7.54. The van der Waals surface area contributed by atoms with E-state index in [1.807, 2.05) is 13.0 Å². The zero-order chi connectivity index (χ0) is 13.1. The summed E-state index contributed by atoms with van der Waals surface area (Å²) >= 11 is 1.38. The van der Waals surface area contributed by atoms with Gasteiger partial charge in [0.25, 0.3) is 5.69 Å². The van der Waals surface area contributed by atoms with Gasteiger partial charge in [0.05, 0.1) is 10.6 Å². The number of non-ortho nitro benzene ring substituents is 1. The summed E-state index contributed by atoms with van der Waals surface area (Å²) in [5.74, 6) is 0. The lowest BCUT2D eigenvalue weighted by atomic mass is 10.3. The van der Waals surface area contributed by atoms with Crippen LogP contribution in [0.3, 0.4) is 0 Å². The highest BCUT2D eigenvalue weighted by Crippen LogP contribution is 2.31. The molecule has 0 bridgehead atoms. The number of hydrogen-bond acceptors (Lipinski definition) is 5. The van der Waals surface area contributed by atoms with Crippen LogP contribution in [0.15, 0.2) is 46.5 Å². The first-order chi connectivity index (χ1) is 8.56. The third-order valence-corrected chi connectivity index (χ3v) is 3.32. The maximum Gasteiger partial charge on any atom is 0.269 e. The molecule has 0 saturated heterocycles. The largest absolute Gasteiger partial charge is 0.397 e. The quantitative estimate of drug-likeness (QED) is 0.678. The van der Waals surface area contributed by atoms with E-state index in [0.29, 0.717) is 10.7 Å². The Morgan fingerprint density at radius 3 is 2.56 bits per heavy atom. The minimum Gasteiger partial charge on any atom is -0.397 e. The van der Waals surface area contributed by atoms with Crippen LogP contribution < -0.4 is 5.73 Å². The molecule has 0 aliphatic heterocycles. The zero-order valence-corrected chi connectivity index (χ0v) is 10.5. The molecular weight excluding hydrogens is 250 g/mol. The smallest absolute Gasteiger partial charge is 0.269 e. The van der Waals surface area contributed by atoms with E-state index < -0.39 is 4.92 Å². The molecular formula is C12H11N3O2S. The van der Waals surface area contributed by atoms with Gasteiger partial charge >= 0.3 is 0 Å². The van der Waals surface area contributed by atoms with Gasteiger partial charge in [-0.05, 0) is 30.7 Å². The predicted octanol–water partition coefficient (Wildman–Crippen LogP) is 3.03. The predicted molar refractivity (Wildman–Crippen MR) is 70.6 cm³/mol. The molecule has 5 nitrogen and oxygen atoms in total. The first kappa shape index (κ1) is 12.4. The van der Waals surface area contributed by atoms with E-state index in [2.05, 4.69) is 4.98 Å². The minimum atomic E-state index is -0.424. The molecule has 0 saturated carbocycles. The summed E-state index contributed by atoms with van der Waals surface area (Å²) in [5, 5.41) is 11.2. The van der Waals surface area contributed by atoms with E-state index in [-0.39, 0.29) is 5.69 Å². The fourth-order valence-corrected chi connectivity index (χ4v) is 2.19. The molecule has 0 spiro atoms. The van der Waals surface area contributed by atoms with Gasteiger partial charge in [-0.25, -0.2) is 4.98 Å². The highest BCUT2D eigenvalue weighted by atomic mass is 32.2. The number of rotatable bonds is 3. The first-order valence-electron chi connectivity index (χ1n) is 5.20. The van der Waals surface area contributed by atoms with Crippen molar-refractivity contribution in [1.82, 2.24) is 4.98 Å². The highest BCUT2D eigenvalue weighted by molar-refractivity contribution is 7.99. The molecule has 0 amide bonds. The molecule has 0 fully saturated rings. The Hall–Kier alpha value is -2.08. The number of nitrogen functional groups attached to an aromatic ring is 1. The van der Waals surface area contributed by atoms with Gasteiger partial charge in [0.15, 0.2) is 0 Å². The van der Waals surface area contributed by atoms with E-state index >= 15 is 0 Å². The highest BCUT2D eigenvalue weighted by Gasteiger charge is 2.07. The van der Waals surface area contributed by atoms with E-state index in [0.717, 1.165) is 10.5 Å². The Bertz CT molecular complexity index is 584. The normalized spacial score (nSPS) is 10.3. The number of nitro benzene ring substituents is 1. The van der Waals surface area contributed by atoms with Gasteiger partial charge in [0.2, 0.25) is 0 Å². The van der Waals surface area contributed by atoms with Crippen LogP contribution in [0.2, 0.25) is 0 Å². The van der Waals surface area contributed by atoms with Crippen molar-refractivity contribution in [2.24, 2.45) is 0 Å². The number of pyridine rings is 1. The molecule has 2 rings (SSSR count). The van der Waals surface area contributed by atoms with Crippen molar-refractivity contribution in [3.63, 3.8) is 0 Å². The monoisotopic (exact) mass is 261 g/mol. The SMILES string of the molecule is Cc1cnc(Sc2ccc([N+](=O)[O-])cc2)c(N)c1. The van der Waals surface area contributed by atoms with Gasteiger partial charge in [-0.15, -0.1) is 0 Å². The average Bonchev–Trinajstić information content (AvgIpc) is 2.33. The molecule has 1 aromatic heterocycles. The van der Waals surface area contributed by atoms with Crippen LogP contribution >= 0.6 is 11.8 Å². The fraction of sp³-hybridized carbons (Fsp3) is 0.0833. The van der Waals surface area contributed by atoms with Gasteiger partial charge in [-0.1, -0.05) is 11.8 Å². The van der Waals surface area contributed by atoms with Crippen molar-refractivity contribution < 1.29 is 4.92 Å². The standard InChI is InChI=1S/C12H11N3O2S/c1-8-6-11(13)12(14-7-8)18-10-4-2-9(3-5-10)15(16)17/h2-7H,13H2,1H3. The van der Waals surface area contributed by atoms with E-state index in [9.17, 15) is 10.1 Å². The van der Waals surface area contributed by atoms with E-state index in [4.69, 9.17) is 5.73 Å². The molecule has 0 atom stereocenters. The summed E-state index contributed by atoms with van der Waals surface area (Å²) in [6.45, 7) is 1.92. The number of nitrogens with zero attached hydrogens (tertiary/aromatic N) is 2. The van der Waals surface area contributed by atoms with Gasteiger partial charge in [-0.3, -0.25) is 10.1 Å². The minimum absolute atomic E-state index is 0.0733. The van der Waals surface area contributed by atoms with Crippen molar-refractivity contribution in [2.75, 3.05) is 5.73 Å². The van der Waals surface area contributed by atoms with Crippen molar-refractivity contribution in [3.05, 3.63) is 52.2 Å². The summed E-state index contributed by atoms with van der Waals surface area (Å²) < 4.78 is 0. The summed E-state index contributed by atoms with van der Waals surface area (Å²) in [6, 6.07) is 8.15. The number of anilines is 1. The van der Waals surface area contributed by atoms with E-state index in [1.54, 1.807) is 18.3 Å². The van der Waals surface area contributed by atoms with Gasteiger partial charge in [-0.2, -0.15) is 0 Å². The second kappa shape index (κ2) is 5.05. The third kappa shape index (κ3) is 2.78. The number of aryl methyl sites for hydroxylation is 1. The van der Waals surface area contributed by atoms with Crippen molar-refractivity contribution >= 4 is 23.1 Å². The maximum absolute atomic E-state index is 10.5. The van der Waals surface area contributed by atoms with E-state index in [1.165, 1.54) is 23.9 Å². The second-order valence-electron chi connectivity index (χ2n) is 3.76.